The molecule has 2 aromatic rings. The van der Waals surface area contributed by atoms with Crippen molar-refractivity contribution in [3.05, 3.63) is 41.9 Å². The highest BCUT2D eigenvalue weighted by Gasteiger charge is 2.21. The van der Waals surface area contributed by atoms with Crippen LogP contribution >= 0.6 is 0 Å². The molecule has 0 spiro atoms. The van der Waals surface area contributed by atoms with Crippen LogP contribution in [0.25, 0.3) is 11.3 Å². The molecule has 1 aliphatic rings. The summed E-state index contributed by atoms with van der Waals surface area (Å²) in [6.07, 6.45) is 4.27. The molecule has 3 rings (SSSR count). The fourth-order valence-corrected chi connectivity index (χ4v) is 2.09. The lowest BCUT2D eigenvalue weighted by Gasteiger charge is -2.17. The van der Waals surface area contributed by atoms with Gasteiger partial charge in [0, 0.05) is 30.1 Å². The maximum Gasteiger partial charge on any atom is 0.323 e. The van der Waals surface area contributed by atoms with Gasteiger partial charge >= 0.3 is 6.03 Å². The average molecular weight is 199 g/mol. The van der Waals surface area contributed by atoms with E-state index in [9.17, 15) is 4.79 Å². The Hall–Kier alpha value is -2.10. The minimum absolute atomic E-state index is 0.431. The zero-order valence-corrected chi connectivity index (χ0v) is 7.97. The van der Waals surface area contributed by atoms with E-state index in [1.807, 2.05) is 18.2 Å². The summed E-state index contributed by atoms with van der Waals surface area (Å²) in [5, 5.41) is 0. The number of hydrogen-bond donors (Lipinski definition) is 1. The van der Waals surface area contributed by atoms with Crippen molar-refractivity contribution in [3.63, 3.8) is 0 Å². The summed E-state index contributed by atoms with van der Waals surface area (Å²) in [5.74, 6) is 0. The van der Waals surface area contributed by atoms with E-state index in [0.717, 1.165) is 23.4 Å². The number of fused-ring (bicyclic) bond motifs is 4. The van der Waals surface area contributed by atoms with Crippen LogP contribution in [0.1, 0.15) is 11.3 Å². The topological polar surface area (TPSA) is 60.9 Å². The molecule has 0 radical (unpaired) electrons. The molecule has 0 fully saturated rings. The summed E-state index contributed by atoms with van der Waals surface area (Å²) in [6, 6.07) is 5.38. The summed E-state index contributed by atoms with van der Waals surface area (Å²) < 4.78 is 1.55. The van der Waals surface area contributed by atoms with Crippen molar-refractivity contribution in [3.8, 4) is 11.3 Å². The SMILES string of the molecule is NC(=O)n1c2ccc1-c1cnccc1C2. The van der Waals surface area contributed by atoms with Crippen LogP contribution in [0.5, 0.6) is 0 Å². The third kappa shape index (κ3) is 1.01. The number of rotatable bonds is 0. The molecule has 0 saturated heterocycles. The highest BCUT2D eigenvalue weighted by molar-refractivity contribution is 5.84. The second kappa shape index (κ2) is 2.70. The lowest BCUT2D eigenvalue weighted by Crippen LogP contribution is -2.24. The van der Waals surface area contributed by atoms with Crippen LogP contribution in [0.2, 0.25) is 0 Å². The third-order valence-corrected chi connectivity index (χ3v) is 2.74. The Kier molecular flexibility index (Phi) is 1.48. The van der Waals surface area contributed by atoms with Crippen molar-refractivity contribution in [1.29, 1.82) is 0 Å². The molecule has 4 heteroatoms. The third-order valence-electron chi connectivity index (χ3n) is 2.74. The Labute approximate surface area is 86.4 Å². The van der Waals surface area contributed by atoms with Gasteiger partial charge in [0.15, 0.2) is 0 Å². The largest absolute Gasteiger partial charge is 0.351 e. The molecule has 1 aliphatic heterocycles. The van der Waals surface area contributed by atoms with E-state index < -0.39 is 6.03 Å². The highest BCUT2D eigenvalue weighted by Crippen LogP contribution is 2.32. The quantitative estimate of drug-likeness (QED) is 0.594. The summed E-state index contributed by atoms with van der Waals surface area (Å²) in [6.45, 7) is 0. The molecule has 2 N–H and O–H groups in total. The van der Waals surface area contributed by atoms with Gasteiger partial charge in [-0.2, -0.15) is 0 Å². The van der Waals surface area contributed by atoms with Crippen molar-refractivity contribution >= 4 is 6.03 Å². The molecule has 2 aromatic heterocycles. The van der Waals surface area contributed by atoms with Crippen LogP contribution in [-0.2, 0) is 6.42 Å². The van der Waals surface area contributed by atoms with Gasteiger partial charge in [0.05, 0.1) is 5.69 Å². The van der Waals surface area contributed by atoms with Gasteiger partial charge in [0.2, 0.25) is 0 Å². The van der Waals surface area contributed by atoms with Crippen LogP contribution in [0.15, 0.2) is 30.6 Å². The maximum absolute atomic E-state index is 11.3. The summed E-state index contributed by atoms with van der Waals surface area (Å²) in [4.78, 5) is 15.3. The van der Waals surface area contributed by atoms with Gasteiger partial charge in [-0.05, 0) is 23.8 Å². The van der Waals surface area contributed by atoms with Crippen molar-refractivity contribution in [2.24, 2.45) is 5.73 Å². The minimum atomic E-state index is -0.431. The van der Waals surface area contributed by atoms with Gasteiger partial charge in [0.1, 0.15) is 0 Å². The number of pyridine rings is 1. The zero-order chi connectivity index (χ0) is 10.4. The van der Waals surface area contributed by atoms with Gasteiger partial charge in [-0.1, -0.05) is 0 Å². The number of primary amides is 1. The van der Waals surface area contributed by atoms with E-state index in [1.54, 1.807) is 17.0 Å². The van der Waals surface area contributed by atoms with Gasteiger partial charge in [-0.3, -0.25) is 9.55 Å². The Balaban J connectivity index is 2.32. The molecular formula is C11H9N3O. The monoisotopic (exact) mass is 199 g/mol. The Morgan fingerprint density at radius 2 is 2.27 bits per heavy atom. The molecule has 1 amide bonds. The molecule has 3 heterocycles. The number of hydrogen-bond acceptors (Lipinski definition) is 2. The standard InChI is InChI=1S/C11H9N3O/c12-11(15)14-8-1-2-10(14)9-6-13-4-3-7(9)5-8/h1-4,6H,5H2,(H2,12,15). The summed E-state index contributed by atoms with van der Waals surface area (Å²) in [7, 11) is 0. The number of nitrogens with zero attached hydrogens (tertiary/aromatic N) is 2. The van der Waals surface area contributed by atoms with Crippen LogP contribution in [0, 0.1) is 0 Å². The second-order valence-electron chi connectivity index (χ2n) is 3.59. The Bertz CT molecular complexity index is 557. The Morgan fingerprint density at radius 1 is 1.40 bits per heavy atom. The van der Waals surface area contributed by atoms with Crippen LogP contribution in [0.3, 0.4) is 0 Å². The van der Waals surface area contributed by atoms with Crippen molar-refractivity contribution in [1.82, 2.24) is 9.55 Å². The highest BCUT2D eigenvalue weighted by atomic mass is 16.2. The van der Waals surface area contributed by atoms with Crippen molar-refractivity contribution in [2.75, 3.05) is 0 Å². The molecule has 74 valence electrons. The first-order valence-electron chi connectivity index (χ1n) is 4.71. The molecular weight excluding hydrogens is 190 g/mol. The predicted octanol–water partition coefficient (Wildman–Crippen LogP) is 1.38. The fraction of sp³-hybridized carbons (Fsp3) is 0.0909. The summed E-state index contributed by atoms with van der Waals surface area (Å²) in [5.41, 5.74) is 9.30. The number of amides is 1. The number of nitrogens with two attached hydrogens (primary N) is 1. The van der Waals surface area contributed by atoms with E-state index in [2.05, 4.69) is 4.98 Å². The molecule has 0 atom stereocenters. The van der Waals surface area contributed by atoms with E-state index in [0.29, 0.717) is 0 Å². The zero-order valence-electron chi connectivity index (χ0n) is 7.97. The van der Waals surface area contributed by atoms with Gasteiger partial charge in [-0.15, -0.1) is 0 Å². The predicted molar refractivity (Wildman–Crippen MR) is 55.5 cm³/mol. The lowest BCUT2D eigenvalue weighted by molar-refractivity contribution is 0.250. The maximum atomic E-state index is 11.3. The number of carbonyl (C=O) groups excluding carboxylic acids is 1. The molecule has 0 aliphatic carbocycles. The lowest BCUT2D eigenvalue weighted by atomic mass is 10.0. The van der Waals surface area contributed by atoms with E-state index in [1.165, 1.54) is 5.56 Å². The molecule has 2 bridgehead atoms. The van der Waals surface area contributed by atoms with Crippen molar-refractivity contribution < 1.29 is 4.79 Å². The Morgan fingerprint density at radius 3 is 3.07 bits per heavy atom. The van der Waals surface area contributed by atoms with Crippen LogP contribution < -0.4 is 5.73 Å². The van der Waals surface area contributed by atoms with Gasteiger partial charge in [-0.25, -0.2) is 4.79 Å². The average Bonchev–Trinajstić information content (AvgIpc) is 2.55. The smallest absolute Gasteiger partial charge is 0.323 e. The minimum Gasteiger partial charge on any atom is -0.351 e. The van der Waals surface area contributed by atoms with E-state index >= 15 is 0 Å². The normalized spacial score (nSPS) is 12.3. The van der Waals surface area contributed by atoms with E-state index in [4.69, 9.17) is 5.73 Å². The number of aromatic nitrogens is 2. The van der Waals surface area contributed by atoms with Gasteiger partial charge < -0.3 is 5.73 Å². The molecule has 15 heavy (non-hydrogen) atoms. The molecule has 0 saturated carbocycles. The van der Waals surface area contributed by atoms with E-state index in [-0.39, 0.29) is 0 Å². The second-order valence-corrected chi connectivity index (χ2v) is 3.59. The van der Waals surface area contributed by atoms with Crippen molar-refractivity contribution in [2.45, 2.75) is 6.42 Å². The van der Waals surface area contributed by atoms with Gasteiger partial charge in [0.25, 0.3) is 0 Å². The molecule has 4 nitrogen and oxygen atoms in total. The molecule has 0 unspecified atom stereocenters. The van der Waals surface area contributed by atoms with Crippen LogP contribution in [0.4, 0.5) is 4.79 Å². The van der Waals surface area contributed by atoms with Crippen LogP contribution in [-0.4, -0.2) is 15.6 Å². The number of carbonyl (C=O) groups is 1. The first-order chi connectivity index (χ1) is 7.27. The fourth-order valence-electron chi connectivity index (χ4n) is 2.09. The first kappa shape index (κ1) is 8.23. The molecule has 0 aromatic carbocycles. The summed E-state index contributed by atoms with van der Waals surface area (Å²) >= 11 is 0. The first-order valence-corrected chi connectivity index (χ1v) is 4.71.